The van der Waals surface area contributed by atoms with E-state index in [0.29, 0.717) is 6.29 Å². The number of alkyl carbamates (subject to hydrolysis) is 1. The third-order valence-electron chi connectivity index (χ3n) is 2.92. The van der Waals surface area contributed by atoms with E-state index in [1.807, 2.05) is 24.3 Å². The van der Waals surface area contributed by atoms with Crippen LogP contribution in [0.25, 0.3) is 0 Å². The molecule has 0 aliphatic heterocycles. The van der Waals surface area contributed by atoms with Gasteiger partial charge in [0.1, 0.15) is 17.9 Å². The van der Waals surface area contributed by atoms with Crippen LogP contribution in [0.4, 0.5) is 4.79 Å². The third kappa shape index (κ3) is 5.58. The summed E-state index contributed by atoms with van der Waals surface area (Å²) in [6.45, 7) is 11.6. The van der Waals surface area contributed by atoms with Crippen LogP contribution in [-0.4, -0.2) is 18.0 Å². The molecule has 0 radical (unpaired) electrons. The summed E-state index contributed by atoms with van der Waals surface area (Å²) in [4.78, 5) is 23.1. The van der Waals surface area contributed by atoms with Crippen LogP contribution in [0.3, 0.4) is 0 Å². The highest BCUT2D eigenvalue weighted by Crippen LogP contribution is 2.24. The van der Waals surface area contributed by atoms with Crippen molar-refractivity contribution in [3.8, 4) is 0 Å². The number of benzene rings is 1. The van der Waals surface area contributed by atoms with E-state index in [1.165, 1.54) is 0 Å². The van der Waals surface area contributed by atoms with E-state index in [2.05, 4.69) is 26.1 Å². The zero-order valence-electron chi connectivity index (χ0n) is 13.7. The Bertz CT molecular complexity index is 510. The molecule has 1 amide bonds. The molecule has 0 saturated heterocycles. The van der Waals surface area contributed by atoms with Crippen molar-refractivity contribution in [2.75, 3.05) is 0 Å². The van der Waals surface area contributed by atoms with Gasteiger partial charge in [-0.25, -0.2) is 4.79 Å². The van der Waals surface area contributed by atoms with E-state index < -0.39 is 17.7 Å². The number of rotatable bonds is 3. The van der Waals surface area contributed by atoms with E-state index in [0.717, 1.165) is 11.1 Å². The zero-order chi connectivity index (χ0) is 16.3. The van der Waals surface area contributed by atoms with Crippen LogP contribution in [0.15, 0.2) is 24.3 Å². The van der Waals surface area contributed by atoms with Gasteiger partial charge in [0, 0.05) is 0 Å². The topological polar surface area (TPSA) is 55.4 Å². The number of aldehydes is 1. The lowest BCUT2D eigenvalue weighted by molar-refractivity contribution is -0.109. The third-order valence-corrected chi connectivity index (χ3v) is 2.92. The van der Waals surface area contributed by atoms with Gasteiger partial charge in [-0.3, -0.25) is 0 Å². The molecule has 0 aliphatic rings. The first-order valence-corrected chi connectivity index (χ1v) is 7.08. The van der Waals surface area contributed by atoms with Gasteiger partial charge in [0.2, 0.25) is 0 Å². The fraction of sp³-hybridized carbons (Fsp3) is 0.529. The number of carbonyl (C=O) groups is 2. The Morgan fingerprint density at radius 2 is 1.81 bits per heavy atom. The summed E-state index contributed by atoms with van der Waals surface area (Å²) in [5, 5.41) is 2.59. The summed E-state index contributed by atoms with van der Waals surface area (Å²) in [5.74, 6) is 0. The molecule has 1 N–H and O–H groups in total. The molecule has 1 aromatic carbocycles. The first-order valence-electron chi connectivity index (χ1n) is 7.08. The normalized spacial score (nSPS) is 13.4. The SMILES string of the molecule is CC(C)(C)OC(=O)NC(C=O)c1cccc(C(C)(C)C)c1. The number of amides is 1. The number of hydrogen-bond acceptors (Lipinski definition) is 3. The summed E-state index contributed by atoms with van der Waals surface area (Å²) in [6, 6.07) is 6.96. The standard InChI is InChI=1S/C17H25NO3/c1-16(2,3)13-9-7-8-12(10-13)14(11-19)18-15(20)21-17(4,5)6/h7-11,14H,1-6H3,(H,18,20). The van der Waals surface area contributed by atoms with Gasteiger partial charge >= 0.3 is 6.09 Å². The van der Waals surface area contributed by atoms with Crippen molar-refractivity contribution < 1.29 is 14.3 Å². The van der Waals surface area contributed by atoms with Crippen LogP contribution in [0, 0.1) is 0 Å². The fourth-order valence-electron chi connectivity index (χ4n) is 1.83. The van der Waals surface area contributed by atoms with Crippen molar-refractivity contribution in [1.82, 2.24) is 5.32 Å². The summed E-state index contributed by atoms with van der Waals surface area (Å²) >= 11 is 0. The van der Waals surface area contributed by atoms with E-state index in [1.54, 1.807) is 20.8 Å². The Labute approximate surface area is 126 Å². The van der Waals surface area contributed by atoms with Crippen LogP contribution in [-0.2, 0) is 14.9 Å². The maximum atomic E-state index is 11.8. The van der Waals surface area contributed by atoms with E-state index in [-0.39, 0.29) is 5.41 Å². The molecule has 1 rings (SSSR count). The molecule has 116 valence electrons. The van der Waals surface area contributed by atoms with E-state index in [4.69, 9.17) is 4.74 Å². The van der Waals surface area contributed by atoms with Crippen LogP contribution in [0.2, 0.25) is 0 Å². The van der Waals surface area contributed by atoms with Gasteiger partial charge in [0.15, 0.2) is 0 Å². The second-order valence-corrected chi connectivity index (χ2v) is 7.14. The van der Waals surface area contributed by atoms with Gasteiger partial charge in [-0.05, 0) is 37.3 Å². The molecule has 1 aromatic rings. The molecular weight excluding hydrogens is 266 g/mol. The molecular formula is C17H25NO3. The zero-order valence-corrected chi connectivity index (χ0v) is 13.7. The average Bonchev–Trinajstić information content (AvgIpc) is 2.33. The fourth-order valence-corrected chi connectivity index (χ4v) is 1.83. The molecule has 4 heteroatoms. The predicted molar refractivity (Wildman–Crippen MR) is 83.3 cm³/mol. The number of hydrogen-bond donors (Lipinski definition) is 1. The second-order valence-electron chi connectivity index (χ2n) is 7.14. The molecule has 4 nitrogen and oxygen atoms in total. The Morgan fingerprint density at radius 3 is 2.29 bits per heavy atom. The van der Waals surface area contributed by atoms with E-state index >= 15 is 0 Å². The van der Waals surface area contributed by atoms with Crippen molar-refractivity contribution in [3.63, 3.8) is 0 Å². The highest BCUT2D eigenvalue weighted by Gasteiger charge is 2.21. The average molecular weight is 291 g/mol. The Kier molecular flexibility index (Phi) is 5.15. The second kappa shape index (κ2) is 6.29. The van der Waals surface area contributed by atoms with Crippen molar-refractivity contribution in [1.29, 1.82) is 0 Å². The first-order chi connectivity index (χ1) is 9.53. The lowest BCUT2D eigenvalue weighted by Crippen LogP contribution is -2.35. The molecule has 0 fully saturated rings. The summed E-state index contributed by atoms with van der Waals surface area (Å²) in [6.07, 6.45) is 0.117. The molecule has 0 aliphatic carbocycles. The minimum absolute atomic E-state index is 0.0185. The van der Waals surface area contributed by atoms with E-state index in [9.17, 15) is 9.59 Å². The van der Waals surface area contributed by atoms with Gasteiger partial charge < -0.3 is 14.8 Å². The number of ether oxygens (including phenoxy) is 1. The van der Waals surface area contributed by atoms with Crippen LogP contribution >= 0.6 is 0 Å². The van der Waals surface area contributed by atoms with Gasteiger partial charge in [0.05, 0.1) is 0 Å². The van der Waals surface area contributed by atoms with Crippen LogP contribution < -0.4 is 5.32 Å². The smallest absolute Gasteiger partial charge is 0.408 e. The molecule has 21 heavy (non-hydrogen) atoms. The lowest BCUT2D eigenvalue weighted by atomic mass is 9.85. The molecule has 0 aromatic heterocycles. The molecule has 0 heterocycles. The quantitative estimate of drug-likeness (QED) is 0.863. The first kappa shape index (κ1) is 17.2. The highest BCUT2D eigenvalue weighted by atomic mass is 16.6. The van der Waals surface area contributed by atoms with Crippen molar-refractivity contribution in [2.45, 2.75) is 58.6 Å². The molecule has 0 spiro atoms. The highest BCUT2D eigenvalue weighted by molar-refractivity contribution is 5.74. The molecule has 1 unspecified atom stereocenters. The van der Waals surface area contributed by atoms with Gasteiger partial charge in [0.25, 0.3) is 0 Å². The lowest BCUT2D eigenvalue weighted by Gasteiger charge is -2.23. The van der Waals surface area contributed by atoms with Crippen molar-refractivity contribution in [2.24, 2.45) is 0 Å². The van der Waals surface area contributed by atoms with Gasteiger partial charge in [-0.2, -0.15) is 0 Å². The van der Waals surface area contributed by atoms with Crippen molar-refractivity contribution >= 4 is 12.4 Å². The number of carbonyl (C=O) groups excluding carboxylic acids is 2. The van der Waals surface area contributed by atoms with Crippen LogP contribution in [0.5, 0.6) is 0 Å². The maximum absolute atomic E-state index is 11.8. The maximum Gasteiger partial charge on any atom is 0.408 e. The summed E-state index contributed by atoms with van der Waals surface area (Å²) in [5.41, 5.74) is 1.25. The number of nitrogens with one attached hydrogen (secondary N) is 1. The Morgan fingerprint density at radius 1 is 1.19 bits per heavy atom. The molecule has 0 saturated carbocycles. The Hall–Kier alpha value is -1.84. The minimum Gasteiger partial charge on any atom is -0.444 e. The minimum atomic E-state index is -0.706. The molecule has 0 bridgehead atoms. The predicted octanol–water partition coefficient (Wildman–Crippen LogP) is 3.75. The van der Waals surface area contributed by atoms with Crippen LogP contribution in [0.1, 0.15) is 58.7 Å². The summed E-state index contributed by atoms with van der Waals surface area (Å²) < 4.78 is 5.18. The summed E-state index contributed by atoms with van der Waals surface area (Å²) in [7, 11) is 0. The van der Waals surface area contributed by atoms with Crippen molar-refractivity contribution in [3.05, 3.63) is 35.4 Å². The van der Waals surface area contributed by atoms with Gasteiger partial charge in [-0.15, -0.1) is 0 Å². The molecule has 1 atom stereocenters. The largest absolute Gasteiger partial charge is 0.444 e. The Balaban J connectivity index is 2.91. The van der Waals surface area contributed by atoms with Gasteiger partial charge in [-0.1, -0.05) is 45.0 Å². The monoisotopic (exact) mass is 291 g/mol.